The number of halogens is 2. The number of hydrogen-bond donors (Lipinski definition) is 0. The van der Waals surface area contributed by atoms with E-state index in [-0.39, 0.29) is 23.6 Å². The summed E-state index contributed by atoms with van der Waals surface area (Å²) in [4.78, 5) is 24.6. The van der Waals surface area contributed by atoms with Crippen molar-refractivity contribution in [1.82, 2.24) is 19.8 Å². The molecule has 29 heavy (non-hydrogen) atoms. The standard InChI is InChI=1S/C22H20F2N4O/c23-18-5-1-16(2-6-18)21(17-3-7-19(24)8-4-17)27-11-13-28(14-12-27)22(29)20-15-25-9-10-26-20/h1-10,15,21H,11-14H2. The maximum atomic E-state index is 13.4. The quantitative estimate of drug-likeness (QED) is 0.681. The summed E-state index contributed by atoms with van der Waals surface area (Å²) < 4.78 is 26.9. The summed E-state index contributed by atoms with van der Waals surface area (Å²) in [5.74, 6) is -0.741. The van der Waals surface area contributed by atoms with E-state index in [9.17, 15) is 13.6 Å². The van der Waals surface area contributed by atoms with Gasteiger partial charge in [0.05, 0.1) is 12.2 Å². The van der Waals surface area contributed by atoms with E-state index in [1.807, 2.05) is 0 Å². The molecule has 1 aliphatic heterocycles. The Balaban J connectivity index is 1.54. The van der Waals surface area contributed by atoms with Crippen molar-refractivity contribution in [2.45, 2.75) is 6.04 Å². The van der Waals surface area contributed by atoms with E-state index in [0.29, 0.717) is 31.9 Å². The molecule has 5 nitrogen and oxygen atoms in total. The van der Waals surface area contributed by atoms with Crippen LogP contribution in [0.5, 0.6) is 0 Å². The number of nitrogens with zero attached hydrogens (tertiary/aromatic N) is 4. The fourth-order valence-corrected chi connectivity index (χ4v) is 3.66. The van der Waals surface area contributed by atoms with E-state index in [1.54, 1.807) is 29.2 Å². The van der Waals surface area contributed by atoms with E-state index < -0.39 is 0 Å². The molecule has 1 amide bonds. The lowest BCUT2D eigenvalue weighted by molar-refractivity contribution is 0.0591. The number of carbonyl (C=O) groups is 1. The molecule has 1 fully saturated rings. The van der Waals surface area contributed by atoms with Crippen LogP contribution in [-0.4, -0.2) is 51.9 Å². The molecule has 0 saturated carbocycles. The van der Waals surface area contributed by atoms with E-state index in [2.05, 4.69) is 14.9 Å². The summed E-state index contributed by atoms with van der Waals surface area (Å²) in [5.41, 5.74) is 2.17. The monoisotopic (exact) mass is 394 g/mol. The second-order valence-corrected chi connectivity index (χ2v) is 6.92. The van der Waals surface area contributed by atoms with Gasteiger partial charge in [-0.25, -0.2) is 13.8 Å². The Hall–Kier alpha value is -3.19. The molecule has 1 aliphatic rings. The van der Waals surface area contributed by atoms with Gasteiger partial charge in [-0.05, 0) is 35.4 Å². The van der Waals surface area contributed by atoms with Gasteiger partial charge in [-0.15, -0.1) is 0 Å². The van der Waals surface area contributed by atoms with Gasteiger partial charge < -0.3 is 4.90 Å². The molecule has 0 spiro atoms. The highest BCUT2D eigenvalue weighted by atomic mass is 19.1. The first-order valence-corrected chi connectivity index (χ1v) is 9.42. The van der Waals surface area contributed by atoms with Gasteiger partial charge in [-0.3, -0.25) is 14.7 Å². The zero-order valence-electron chi connectivity index (χ0n) is 15.7. The van der Waals surface area contributed by atoms with Gasteiger partial charge in [-0.1, -0.05) is 24.3 Å². The highest BCUT2D eigenvalue weighted by Gasteiger charge is 2.29. The second-order valence-electron chi connectivity index (χ2n) is 6.92. The van der Waals surface area contributed by atoms with Crippen LogP contribution in [0.15, 0.2) is 67.1 Å². The third kappa shape index (κ3) is 4.30. The van der Waals surface area contributed by atoms with Crippen molar-refractivity contribution >= 4 is 5.91 Å². The summed E-state index contributed by atoms with van der Waals surface area (Å²) in [5, 5.41) is 0. The molecule has 0 aliphatic carbocycles. The van der Waals surface area contributed by atoms with Gasteiger partial charge in [0.1, 0.15) is 17.3 Å². The zero-order valence-corrected chi connectivity index (χ0v) is 15.7. The molecule has 0 N–H and O–H groups in total. The van der Waals surface area contributed by atoms with Crippen molar-refractivity contribution in [2.75, 3.05) is 26.2 Å². The Kier molecular flexibility index (Phi) is 5.57. The number of piperazine rings is 1. The fraction of sp³-hybridized carbons (Fsp3) is 0.227. The van der Waals surface area contributed by atoms with Crippen LogP contribution in [0.4, 0.5) is 8.78 Å². The summed E-state index contributed by atoms with van der Waals surface area (Å²) in [6, 6.07) is 12.6. The minimum Gasteiger partial charge on any atom is -0.335 e. The van der Waals surface area contributed by atoms with Gasteiger partial charge in [0, 0.05) is 38.6 Å². The number of carbonyl (C=O) groups excluding carboxylic acids is 1. The van der Waals surface area contributed by atoms with Crippen LogP contribution in [0.1, 0.15) is 27.7 Å². The molecule has 0 unspecified atom stereocenters. The number of amides is 1. The Morgan fingerprint density at radius 3 is 1.86 bits per heavy atom. The van der Waals surface area contributed by atoms with E-state index in [1.165, 1.54) is 42.9 Å². The van der Waals surface area contributed by atoms with Crippen molar-refractivity contribution in [1.29, 1.82) is 0 Å². The fourth-order valence-electron chi connectivity index (χ4n) is 3.66. The number of benzene rings is 2. The zero-order chi connectivity index (χ0) is 20.2. The highest BCUT2D eigenvalue weighted by Crippen LogP contribution is 2.30. The Morgan fingerprint density at radius 1 is 0.828 bits per heavy atom. The van der Waals surface area contributed by atoms with Crippen LogP contribution in [0.2, 0.25) is 0 Å². The third-order valence-corrected chi connectivity index (χ3v) is 5.12. The molecule has 7 heteroatoms. The molecule has 0 radical (unpaired) electrons. The molecule has 1 saturated heterocycles. The number of aromatic nitrogens is 2. The molecular formula is C22H20F2N4O. The lowest BCUT2D eigenvalue weighted by Gasteiger charge is -2.39. The van der Waals surface area contributed by atoms with Crippen molar-refractivity contribution in [3.63, 3.8) is 0 Å². The van der Waals surface area contributed by atoms with Gasteiger partial charge in [0.2, 0.25) is 0 Å². The average Bonchev–Trinajstić information content (AvgIpc) is 2.77. The molecule has 3 aromatic rings. The second kappa shape index (κ2) is 8.45. The first kappa shape index (κ1) is 19.1. The number of rotatable bonds is 4. The molecule has 2 heterocycles. The smallest absolute Gasteiger partial charge is 0.274 e. The third-order valence-electron chi connectivity index (χ3n) is 5.12. The minimum atomic E-state index is -0.300. The lowest BCUT2D eigenvalue weighted by Crippen LogP contribution is -2.50. The first-order chi connectivity index (χ1) is 14.1. The molecular weight excluding hydrogens is 374 g/mol. The van der Waals surface area contributed by atoms with E-state index >= 15 is 0 Å². The SMILES string of the molecule is O=C(c1cnccn1)N1CCN(C(c2ccc(F)cc2)c2ccc(F)cc2)CC1. The predicted molar refractivity (Wildman–Crippen MR) is 104 cm³/mol. The predicted octanol–water partition coefficient (Wildman–Crippen LogP) is 3.30. The molecule has 2 aromatic carbocycles. The van der Waals surface area contributed by atoms with Crippen LogP contribution in [0.3, 0.4) is 0 Å². The molecule has 1 aromatic heterocycles. The van der Waals surface area contributed by atoms with Crippen LogP contribution in [-0.2, 0) is 0 Å². The van der Waals surface area contributed by atoms with Crippen molar-refractivity contribution in [3.05, 3.63) is 95.6 Å². The lowest BCUT2D eigenvalue weighted by atomic mass is 9.96. The number of hydrogen-bond acceptors (Lipinski definition) is 4. The van der Waals surface area contributed by atoms with Crippen LogP contribution >= 0.6 is 0 Å². The maximum Gasteiger partial charge on any atom is 0.274 e. The topological polar surface area (TPSA) is 49.3 Å². The van der Waals surface area contributed by atoms with Gasteiger partial charge in [0.25, 0.3) is 5.91 Å². The molecule has 0 atom stereocenters. The van der Waals surface area contributed by atoms with Crippen molar-refractivity contribution < 1.29 is 13.6 Å². The van der Waals surface area contributed by atoms with E-state index in [0.717, 1.165) is 11.1 Å². The molecule has 0 bridgehead atoms. The first-order valence-electron chi connectivity index (χ1n) is 9.42. The maximum absolute atomic E-state index is 13.4. The van der Waals surface area contributed by atoms with Crippen LogP contribution < -0.4 is 0 Å². The van der Waals surface area contributed by atoms with Gasteiger partial charge in [0.15, 0.2) is 0 Å². The largest absolute Gasteiger partial charge is 0.335 e. The minimum absolute atomic E-state index is 0.141. The summed E-state index contributed by atoms with van der Waals surface area (Å²) in [6.45, 7) is 2.33. The molecule has 4 rings (SSSR count). The Labute approximate surface area is 167 Å². The summed E-state index contributed by atoms with van der Waals surface area (Å²) in [7, 11) is 0. The van der Waals surface area contributed by atoms with Crippen LogP contribution in [0, 0.1) is 11.6 Å². The van der Waals surface area contributed by atoms with E-state index in [4.69, 9.17) is 0 Å². The van der Waals surface area contributed by atoms with Crippen LogP contribution in [0.25, 0.3) is 0 Å². The highest BCUT2D eigenvalue weighted by molar-refractivity contribution is 5.92. The normalized spacial score (nSPS) is 14.9. The molecule has 148 valence electrons. The Bertz CT molecular complexity index is 911. The summed E-state index contributed by atoms with van der Waals surface area (Å²) >= 11 is 0. The van der Waals surface area contributed by atoms with Crippen molar-refractivity contribution in [3.8, 4) is 0 Å². The average molecular weight is 394 g/mol. The summed E-state index contributed by atoms with van der Waals surface area (Å²) in [6.07, 6.45) is 4.50. The Morgan fingerprint density at radius 2 is 1.38 bits per heavy atom. The van der Waals surface area contributed by atoms with Gasteiger partial charge in [-0.2, -0.15) is 0 Å². The van der Waals surface area contributed by atoms with Gasteiger partial charge >= 0.3 is 0 Å². The van der Waals surface area contributed by atoms with Crippen molar-refractivity contribution in [2.24, 2.45) is 0 Å².